The fourth-order valence-corrected chi connectivity index (χ4v) is 2.71. The SMILES string of the molecule is O=C(O)[C@H]1[C@@H](NC(=O)C(F)(F)F)CCCN1C(=O)OCc1ccccc1. The minimum atomic E-state index is -5.14. The predicted molar refractivity (Wildman–Crippen MR) is 82.0 cm³/mol. The summed E-state index contributed by atoms with van der Waals surface area (Å²) in [5, 5.41) is 11.0. The molecule has 7 nitrogen and oxygen atoms in total. The van der Waals surface area contributed by atoms with E-state index in [2.05, 4.69) is 0 Å². The van der Waals surface area contributed by atoms with Crippen LogP contribution in [0.25, 0.3) is 0 Å². The van der Waals surface area contributed by atoms with Gasteiger partial charge in [-0.05, 0) is 18.4 Å². The Morgan fingerprint density at radius 2 is 1.88 bits per heavy atom. The lowest BCUT2D eigenvalue weighted by Gasteiger charge is -2.38. The van der Waals surface area contributed by atoms with Gasteiger partial charge >= 0.3 is 24.1 Å². The highest BCUT2D eigenvalue weighted by atomic mass is 19.4. The zero-order valence-corrected chi connectivity index (χ0v) is 13.5. The van der Waals surface area contributed by atoms with Crippen molar-refractivity contribution in [1.29, 1.82) is 0 Å². The van der Waals surface area contributed by atoms with Gasteiger partial charge in [0, 0.05) is 6.54 Å². The molecule has 0 aliphatic carbocycles. The summed E-state index contributed by atoms with van der Waals surface area (Å²) in [6, 6.07) is 5.62. The summed E-state index contributed by atoms with van der Waals surface area (Å²) < 4.78 is 42.4. The van der Waals surface area contributed by atoms with Crippen LogP contribution in [0.3, 0.4) is 0 Å². The van der Waals surface area contributed by atoms with E-state index in [4.69, 9.17) is 4.74 Å². The molecule has 1 heterocycles. The largest absolute Gasteiger partial charge is 0.480 e. The number of benzene rings is 1. The Bertz CT molecular complexity index is 666. The molecule has 0 spiro atoms. The van der Waals surface area contributed by atoms with Gasteiger partial charge in [-0.1, -0.05) is 30.3 Å². The number of alkyl halides is 3. The fourth-order valence-electron chi connectivity index (χ4n) is 2.71. The van der Waals surface area contributed by atoms with Crippen LogP contribution in [0.15, 0.2) is 30.3 Å². The molecule has 1 aliphatic heterocycles. The van der Waals surface area contributed by atoms with Crippen LogP contribution in [0.5, 0.6) is 0 Å². The Morgan fingerprint density at radius 3 is 2.46 bits per heavy atom. The first kappa shape index (κ1) is 19.5. The molecule has 0 unspecified atom stereocenters. The van der Waals surface area contributed by atoms with Crippen molar-refractivity contribution in [2.45, 2.75) is 37.7 Å². The number of carboxylic acid groups (broad SMARTS) is 1. The summed E-state index contributed by atoms with van der Waals surface area (Å²) in [6.45, 7) is -0.106. The number of likely N-dealkylation sites (tertiary alicyclic amines) is 1. The molecule has 142 valence electrons. The maximum Gasteiger partial charge on any atom is 0.471 e. The monoisotopic (exact) mass is 374 g/mol. The first-order valence-electron chi connectivity index (χ1n) is 7.78. The van der Waals surface area contributed by atoms with E-state index < -0.39 is 36.2 Å². The van der Waals surface area contributed by atoms with Crippen LogP contribution in [0.2, 0.25) is 0 Å². The number of hydrogen-bond acceptors (Lipinski definition) is 4. The number of carbonyl (C=O) groups is 3. The summed E-state index contributed by atoms with van der Waals surface area (Å²) in [5.74, 6) is -3.76. The molecule has 26 heavy (non-hydrogen) atoms. The summed E-state index contributed by atoms with van der Waals surface area (Å²) in [6.07, 6.45) is -5.87. The molecule has 0 bridgehead atoms. The van der Waals surface area contributed by atoms with Crippen molar-refractivity contribution in [3.05, 3.63) is 35.9 Å². The highest BCUT2D eigenvalue weighted by Gasteiger charge is 2.45. The van der Waals surface area contributed by atoms with Gasteiger partial charge in [0.1, 0.15) is 6.61 Å². The number of hydrogen-bond donors (Lipinski definition) is 2. The fraction of sp³-hybridized carbons (Fsp3) is 0.438. The van der Waals surface area contributed by atoms with Crippen LogP contribution < -0.4 is 5.32 Å². The van der Waals surface area contributed by atoms with E-state index in [1.54, 1.807) is 35.6 Å². The number of rotatable bonds is 4. The van der Waals surface area contributed by atoms with Crippen molar-refractivity contribution >= 4 is 18.0 Å². The summed E-state index contributed by atoms with van der Waals surface area (Å²) in [4.78, 5) is 35.7. The molecular formula is C16H17F3N2O5. The van der Waals surface area contributed by atoms with Gasteiger partial charge in [-0.2, -0.15) is 13.2 Å². The van der Waals surface area contributed by atoms with Gasteiger partial charge in [0.05, 0.1) is 6.04 Å². The highest BCUT2D eigenvalue weighted by molar-refractivity contribution is 5.85. The number of halogens is 3. The first-order valence-corrected chi connectivity index (χ1v) is 7.78. The molecular weight excluding hydrogens is 357 g/mol. The number of aliphatic carboxylic acids is 1. The van der Waals surface area contributed by atoms with Gasteiger partial charge in [0.25, 0.3) is 0 Å². The normalized spacial score (nSPS) is 20.3. The number of carboxylic acids is 1. The molecule has 10 heteroatoms. The molecule has 2 atom stereocenters. The number of ether oxygens (including phenoxy) is 1. The van der Waals surface area contributed by atoms with Crippen molar-refractivity contribution in [2.24, 2.45) is 0 Å². The lowest BCUT2D eigenvalue weighted by atomic mass is 9.96. The third-order valence-corrected chi connectivity index (χ3v) is 3.90. The van der Waals surface area contributed by atoms with Gasteiger partial charge < -0.3 is 15.2 Å². The topological polar surface area (TPSA) is 95.9 Å². The van der Waals surface area contributed by atoms with Crippen molar-refractivity contribution in [2.75, 3.05) is 6.54 Å². The Hall–Kier alpha value is -2.78. The predicted octanol–water partition coefficient (Wildman–Crippen LogP) is 1.92. The second-order valence-electron chi connectivity index (χ2n) is 5.74. The number of nitrogens with zero attached hydrogens (tertiary/aromatic N) is 1. The zero-order valence-electron chi connectivity index (χ0n) is 13.5. The second-order valence-corrected chi connectivity index (χ2v) is 5.74. The molecule has 1 aliphatic rings. The van der Waals surface area contributed by atoms with E-state index in [9.17, 15) is 32.7 Å². The molecule has 1 saturated heterocycles. The average molecular weight is 374 g/mol. The summed E-state index contributed by atoms with van der Waals surface area (Å²) >= 11 is 0. The number of amides is 2. The molecule has 0 saturated carbocycles. The van der Waals surface area contributed by atoms with Crippen LogP contribution in [-0.4, -0.2) is 52.8 Å². The smallest absolute Gasteiger partial charge is 0.471 e. The quantitative estimate of drug-likeness (QED) is 0.840. The number of piperidine rings is 1. The third kappa shape index (κ3) is 4.87. The van der Waals surface area contributed by atoms with Crippen molar-refractivity contribution in [3.8, 4) is 0 Å². The summed E-state index contributed by atoms with van der Waals surface area (Å²) in [7, 11) is 0. The van der Waals surface area contributed by atoms with Gasteiger partial charge in [0.15, 0.2) is 6.04 Å². The van der Waals surface area contributed by atoms with E-state index in [0.29, 0.717) is 5.56 Å². The molecule has 0 radical (unpaired) electrons. The van der Waals surface area contributed by atoms with E-state index >= 15 is 0 Å². The van der Waals surface area contributed by atoms with E-state index in [0.717, 1.165) is 4.90 Å². The molecule has 2 amide bonds. The van der Waals surface area contributed by atoms with Gasteiger partial charge in [-0.15, -0.1) is 0 Å². The van der Waals surface area contributed by atoms with Gasteiger partial charge in [-0.25, -0.2) is 9.59 Å². The van der Waals surface area contributed by atoms with Gasteiger partial charge in [0.2, 0.25) is 0 Å². The zero-order chi connectivity index (χ0) is 19.3. The summed E-state index contributed by atoms with van der Waals surface area (Å²) in [5.41, 5.74) is 0.673. The average Bonchev–Trinajstić information content (AvgIpc) is 2.59. The van der Waals surface area contributed by atoms with Crippen LogP contribution in [0.1, 0.15) is 18.4 Å². The van der Waals surface area contributed by atoms with Crippen LogP contribution in [0, 0.1) is 0 Å². The Labute approximate surface area is 146 Å². The standard InChI is InChI=1S/C16H17F3N2O5/c17-16(18,19)14(24)20-11-7-4-8-21(12(11)13(22)23)15(25)26-9-10-5-2-1-3-6-10/h1-3,5-6,11-12H,4,7-9H2,(H,20,24)(H,22,23)/t11-,12+/m0/s1. The van der Waals surface area contributed by atoms with Gasteiger partial charge in [-0.3, -0.25) is 9.69 Å². The molecule has 1 fully saturated rings. The van der Waals surface area contributed by atoms with Crippen LogP contribution in [0.4, 0.5) is 18.0 Å². The van der Waals surface area contributed by atoms with Crippen LogP contribution in [-0.2, 0) is 20.9 Å². The Kier molecular flexibility index (Phi) is 6.06. The van der Waals surface area contributed by atoms with Crippen molar-refractivity contribution in [3.63, 3.8) is 0 Å². The Morgan fingerprint density at radius 1 is 1.23 bits per heavy atom. The minimum absolute atomic E-state index is 0.00124. The molecule has 2 rings (SSSR count). The molecule has 0 aromatic heterocycles. The maximum atomic E-state index is 12.4. The highest BCUT2D eigenvalue weighted by Crippen LogP contribution is 2.22. The first-order chi connectivity index (χ1) is 12.2. The molecule has 2 N–H and O–H groups in total. The second kappa shape index (κ2) is 8.07. The molecule has 1 aromatic carbocycles. The van der Waals surface area contributed by atoms with Crippen molar-refractivity contribution in [1.82, 2.24) is 10.2 Å². The van der Waals surface area contributed by atoms with Crippen LogP contribution >= 0.6 is 0 Å². The number of carbonyl (C=O) groups excluding carboxylic acids is 2. The molecule has 1 aromatic rings. The van der Waals surface area contributed by atoms with E-state index in [1.165, 1.54) is 0 Å². The lowest BCUT2D eigenvalue weighted by molar-refractivity contribution is -0.175. The van der Waals surface area contributed by atoms with E-state index in [1.807, 2.05) is 0 Å². The Balaban J connectivity index is 2.07. The van der Waals surface area contributed by atoms with Crippen molar-refractivity contribution < 1.29 is 37.4 Å². The third-order valence-electron chi connectivity index (χ3n) is 3.90. The number of nitrogens with one attached hydrogen (secondary N) is 1. The minimum Gasteiger partial charge on any atom is -0.480 e. The lowest BCUT2D eigenvalue weighted by Crippen LogP contribution is -2.61. The maximum absolute atomic E-state index is 12.4. The van der Waals surface area contributed by atoms with E-state index in [-0.39, 0.29) is 26.0 Å².